The smallest absolute Gasteiger partial charge is 0.161 e. The highest BCUT2D eigenvalue weighted by Gasteiger charge is 2.04. The van der Waals surface area contributed by atoms with Crippen molar-refractivity contribution in [1.82, 2.24) is 0 Å². The SMILES string of the molecule is CCCCOc1cc(C=C(C)C)ccc1OC. The summed E-state index contributed by atoms with van der Waals surface area (Å²) in [4.78, 5) is 0. The molecular formula is C15H22O2. The number of hydrogen-bond acceptors (Lipinski definition) is 2. The Morgan fingerprint density at radius 3 is 2.59 bits per heavy atom. The first-order valence-corrected chi connectivity index (χ1v) is 6.13. The summed E-state index contributed by atoms with van der Waals surface area (Å²) >= 11 is 0. The van der Waals surface area contributed by atoms with Gasteiger partial charge in [0.1, 0.15) is 0 Å². The molecule has 0 amide bonds. The van der Waals surface area contributed by atoms with Crippen molar-refractivity contribution in [3.8, 4) is 11.5 Å². The zero-order chi connectivity index (χ0) is 12.7. The quantitative estimate of drug-likeness (QED) is 0.683. The molecule has 0 N–H and O–H groups in total. The molecule has 0 saturated heterocycles. The molecule has 0 fully saturated rings. The van der Waals surface area contributed by atoms with Crippen LogP contribution in [-0.2, 0) is 0 Å². The highest BCUT2D eigenvalue weighted by Crippen LogP contribution is 2.29. The van der Waals surface area contributed by atoms with Crippen LogP contribution in [0.25, 0.3) is 6.08 Å². The molecule has 17 heavy (non-hydrogen) atoms. The molecule has 1 aromatic rings. The predicted molar refractivity (Wildman–Crippen MR) is 72.7 cm³/mol. The van der Waals surface area contributed by atoms with Crippen molar-refractivity contribution < 1.29 is 9.47 Å². The Hall–Kier alpha value is -1.44. The maximum absolute atomic E-state index is 5.74. The largest absolute Gasteiger partial charge is 0.493 e. The summed E-state index contributed by atoms with van der Waals surface area (Å²) in [5.41, 5.74) is 2.42. The van der Waals surface area contributed by atoms with Gasteiger partial charge in [0.05, 0.1) is 13.7 Å². The van der Waals surface area contributed by atoms with Crippen molar-refractivity contribution >= 4 is 6.08 Å². The van der Waals surface area contributed by atoms with Gasteiger partial charge in [-0.15, -0.1) is 0 Å². The normalized spacial score (nSPS) is 9.88. The number of rotatable bonds is 6. The number of benzene rings is 1. The number of ether oxygens (including phenoxy) is 2. The van der Waals surface area contributed by atoms with Crippen LogP contribution in [0.4, 0.5) is 0 Å². The van der Waals surface area contributed by atoms with Crippen LogP contribution in [0.15, 0.2) is 23.8 Å². The first-order chi connectivity index (χ1) is 8.17. The van der Waals surface area contributed by atoms with Gasteiger partial charge in [-0.2, -0.15) is 0 Å². The zero-order valence-electron chi connectivity index (χ0n) is 11.2. The van der Waals surface area contributed by atoms with E-state index in [-0.39, 0.29) is 0 Å². The second-order valence-corrected chi connectivity index (χ2v) is 4.33. The molecule has 0 aliphatic carbocycles. The molecule has 0 unspecified atom stereocenters. The second-order valence-electron chi connectivity index (χ2n) is 4.33. The van der Waals surface area contributed by atoms with Crippen molar-refractivity contribution in [2.75, 3.05) is 13.7 Å². The van der Waals surface area contributed by atoms with E-state index in [1.165, 1.54) is 5.57 Å². The fraction of sp³-hybridized carbons (Fsp3) is 0.467. The van der Waals surface area contributed by atoms with Gasteiger partial charge in [0.15, 0.2) is 11.5 Å². The summed E-state index contributed by atoms with van der Waals surface area (Å²) in [6.07, 6.45) is 4.33. The lowest BCUT2D eigenvalue weighted by molar-refractivity contribution is 0.288. The second kappa shape index (κ2) is 7.00. The number of methoxy groups -OCH3 is 1. The van der Waals surface area contributed by atoms with Crippen LogP contribution in [0.1, 0.15) is 39.2 Å². The topological polar surface area (TPSA) is 18.5 Å². The highest BCUT2D eigenvalue weighted by atomic mass is 16.5. The van der Waals surface area contributed by atoms with Crippen LogP contribution in [0.3, 0.4) is 0 Å². The maximum Gasteiger partial charge on any atom is 0.161 e. The predicted octanol–water partition coefficient (Wildman–Crippen LogP) is 4.30. The molecule has 2 nitrogen and oxygen atoms in total. The van der Waals surface area contributed by atoms with Crippen LogP contribution in [-0.4, -0.2) is 13.7 Å². The molecule has 0 aliphatic heterocycles. The van der Waals surface area contributed by atoms with E-state index in [1.54, 1.807) is 7.11 Å². The molecular weight excluding hydrogens is 212 g/mol. The summed E-state index contributed by atoms with van der Waals surface area (Å²) in [7, 11) is 1.67. The van der Waals surface area contributed by atoms with E-state index >= 15 is 0 Å². The van der Waals surface area contributed by atoms with Crippen molar-refractivity contribution in [3.63, 3.8) is 0 Å². The number of allylic oxidation sites excluding steroid dienone is 1. The molecule has 0 radical (unpaired) electrons. The van der Waals surface area contributed by atoms with Crippen molar-refractivity contribution in [3.05, 3.63) is 29.3 Å². The standard InChI is InChI=1S/C15H22O2/c1-5-6-9-17-15-11-13(10-12(2)3)7-8-14(15)16-4/h7-8,10-11H,5-6,9H2,1-4H3. The fourth-order valence-corrected chi connectivity index (χ4v) is 1.56. The molecule has 94 valence electrons. The lowest BCUT2D eigenvalue weighted by Gasteiger charge is -2.11. The van der Waals surface area contributed by atoms with Crippen LogP contribution in [0.5, 0.6) is 11.5 Å². The van der Waals surface area contributed by atoms with Crippen LogP contribution < -0.4 is 9.47 Å². The monoisotopic (exact) mass is 234 g/mol. The Kier molecular flexibility index (Phi) is 5.61. The third-order valence-corrected chi connectivity index (χ3v) is 2.40. The van der Waals surface area contributed by atoms with E-state index < -0.39 is 0 Å². The Balaban J connectivity index is 2.86. The fourth-order valence-electron chi connectivity index (χ4n) is 1.56. The van der Waals surface area contributed by atoms with Gasteiger partial charge in [0, 0.05) is 0 Å². The van der Waals surface area contributed by atoms with E-state index in [0.717, 1.165) is 36.5 Å². The molecule has 0 spiro atoms. The summed E-state index contributed by atoms with van der Waals surface area (Å²) in [6.45, 7) is 7.06. The third-order valence-electron chi connectivity index (χ3n) is 2.40. The average molecular weight is 234 g/mol. The van der Waals surface area contributed by atoms with Gasteiger partial charge >= 0.3 is 0 Å². The van der Waals surface area contributed by atoms with Gasteiger partial charge in [-0.1, -0.05) is 31.1 Å². The van der Waals surface area contributed by atoms with E-state index in [9.17, 15) is 0 Å². The minimum absolute atomic E-state index is 0.741. The van der Waals surface area contributed by atoms with E-state index in [2.05, 4.69) is 26.8 Å². The van der Waals surface area contributed by atoms with Crippen LogP contribution in [0.2, 0.25) is 0 Å². The maximum atomic E-state index is 5.74. The minimum Gasteiger partial charge on any atom is -0.493 e. The van der Waals surface area contributed by atoms with Gasteiger partial charge in [0.25, 0.3) is 0 Å². The Morgan fingerprint density at radius 1 is 1.24 bits per heavy atom. The summed E-state index contributed by atoms with van der Waals surface area (Å²) in [5, 5.41) is 0. The molecule has 0 heterocycles. The summed E-state index contributed by atoms with van der Waals surface area (Å²) in [5.74, 6) is 1.63. The van der Waals surface area contributed by atoms with Gasteiger partial charge in [0.2, 0.25) is 0 Å². The lowest BCUT2D eigenvalue weighted by atomic mass is 10.1. The molecule has 0 aliphatic rings. The third kappa shape index (κ3) is 4.51. The van der Waals surface area contributed by atoms with E-state index in [4.69, 9.17) is 9.47 Å². The first kappa shape index (κ1) is 13.6. The molecule has 0 saturated carbocycles. The van der Waals surface area contributed by atoms with Crippen LogP contribution in [0, 0.1) is 0 Å². The molecule has 0 aromatic heterocycles. The molecule has 1 rings (SSSR count). The molecule has 0 bridgehead atoms. The van der Waals surface area contributed by atoms with Crippen molar-refractivity contribution in [2.24, 2.45) is 0 Å². The Bertz CT molecular complexity index is 377. The average Bonchev–Trinajstić information content (AvgIpc) is 2.29. The Morgan fingerprint density at radius 2 is 2.00 bits per heavy atom. The lowest BCUT2D eigenvalue weighted by Crippen LogP contribution is -1.99. The molecule has 1 aromatic carbocycles. The van der Waals surface area contributed by atoms with Crippen molar-refractivity contribution in [1.29, 1.82) is 0 Å². The number of hydrogen-bond donors (Lipinski definition) is 0. The summed E-state index contributed by atoms with van der Waals surface area (Å²) < 4.78 is 11.0. The Labute approximate surface area is 104 Å². The van der Waals surface area contributed by atoms with Gasteiger partial charge in [-0.3, -0.25) is 0 Å². The number of unbranched alkanes of at least 4 members (excludes halogenated alkanes) is 1. The minimum atomic E-state index is 0.741. The van der Waals surface area contributed by atoms with Gasteiger partial charge < -0.3 is 9.47 Å². The molecule has 0 atom stereocenters. The van der Waals surface area contributed by atoms with Crippen LogP contribution >= 0.6 is 0 Å². The molecule has 2 heteroatoms. The zero-order valence-corrected chi connectivity index (χ0v) is 11.2. The van der Waals surface area contributed by atoms with Crippen molar-refractivity contribution in [2.45, 2.75) is 33.6 Å². The summed E-state index contributed by atoms with van der Waals surface area (Å²) in [6, 6.07) is 6.02. The van der Waals surface area contributed by atoms with E-state index in [0.29, 0.717) is 0 Å². The van der Waals surface area contributed by atoms with Gasteiger partial charge in [-0.05, 0) is 38.0 Å². The first-order valence-electron chi connectivity index (χ1n) is 6.13. The van der Waals surface area contributed by atoms with E-state index in [1.807, 2.05) is 18.2 Å². The van der Waals surface area contributed by atoms with Gasteiger partial charge in [-0.25, -0.2) is 0 Å². The highest BCUT2D eigenvalue weighted by molar-refractivity contribution is 5.57.